The highest BCUT2D eigenvalue weighted by atomic mass is 16.2. The second-order valence-electron chi connectivity index (χ2n) is 5.64. The van der Waals surface area contributed by atoms with Crippen molar-refractivity contribution in [3.05, 3.63) is 0 Å². The van der Waals surface area contributed by atoms with E-state index in [1.54, 1.807) is 6.92 Å². The summed E-state index contributed by atoms with van der Waals surface area (Å²) < 4.78 is 0. The summed E-state index contributed by atoms with van der Waals surface area (Å²) in [4.78, 5) is 16.5. The van der Waals surface area contributed by atoms with Gasteiger partial charge < -0.3 is 15.5 Å². The Kier molecular flexibility index (Phi) is 4.05. The molecular formula is C13H25N3O. The molecule has 2 aliphatic rings. The van der Waals surface area contributed by atoms with Gasteiger partial charge in [-0.25, -0.2) is 0 Å². The maximum Gasteiger partial charge on any atom is 0.239 e. The van der Waals surface area contributed by atoms with Crippen LogP contribution in [0.4, 0.5) is 0 Å². The molecule has 2 N–H and O–H groups in total. The average molecular weight is 239 g/mol. The zero-order valence-electron chi connectivity index (χ0n) is 11.1. The molecule has 1 heterocycles. The molecule has 0 aromatic carbocycles. The van der Waals surface area contributed by atoms with Crippen molar-refractivity contribution in [3.63, 3.8) is 0 Å². The van der Waals surface area contributed by atoms with Gasteiger partial charge >= 0.3 is 0 Å². The number of amides is 1. The van der Waals surface area contributed by atoms with Crippen LogP contribution in [-0.2, 0) is 4.79 Å². The summed E-state index contributed by atoms with van der Waals surface area (Å²) in [6.07, 6.45) is 6.15. The van der Waals surface area contributed by atoms with Gasteiger partial charge in [0.15, 0.2) is 0 Å². The Morgan fingerprint density at radius 3 is 2.71 bits per heavy atom. The lowest BCUT2D eigenvalue weighted by molar-refractivity contribution is -0.136. The topological polar surface area (TPSA) is 49.6 Å². The molecule has 0 bridgehead atoms. The summed E-state index contributed by atoms with van der Waals surface area (Å²) in [5, 5.41) is 0. The van der Waals surface area contributed by atoms with Gasteiger partial charge in [0.1, 0.15) is 0 Å². The summed E-state index contributed by atoms with van der Waals surface area (Å²) in [5.41, 5.74) is 5.73. The number of carbonyl (C=O) groups is 1. The van der Waals surface area contributed by atoms with E-state index in [0.717, 1.165) is 32.0 Å². The summed E-state index contributed by atoms with van der Waals surface area (Å²) in [7, 11) is 2.18. The Balaban J connectivity index is 1.93. The maximum absolute atomic E-state index is 12.1. The van der Waals surface area contributed by atoms with Crippen molar-refractivity contribution < 1.29 is 4.79 Å². The monoisotopic (exact) mass is 239 g/mol. The van der Waals surface area contributed by atoms with E-state index in [2.05, 4.69) is 11.9 Å². The minimum absolute atomic E-state index is 0.124. The smallest absolute Gasteiger partial charge is 0.239 e. The fourth-order valence-corrected chi connectivity index (χ4v) is 2.74. The van der Waals surface area contributed by atoms with Crippen molar-refractivity contribution in [2.45, 2.75) is 57.2 Å². The molecule has 4 heteroatoms. The minimum Gasteiger partial charge on any atom is -0.337 e. The molecule has 2 rings (SSSR count). The fraction of sp³-hybridized carbons (Fsp3) is 0.923. The Hall–Kier alpha value is -0.610. The summed E-state index contributed by atoms with van der Waals surface area (Å²) in [6.45, 7) is 3.70. The fourth-order valence-electron chi connectivity index (χ4n) is 2.74. The van der Waals surface area contributed by atoms with Crippen LogP contribution in [0.1, 0.15) is 39.0 Å². The first-order valence-electron chi connectivity index (χ1n) is 6.86. The third-order valence-electron chi connectivity index (χ3n) is 3.97. The number of piperidine rings is 1. The maximum atomic E-state index is 12.1. The van der Waals surface area contributed by atoms with Gasteiger partial charge in [-0.3, -0.25) is 4.79 Å². The normalized spacial score (nSPS) is 27.3. The van der Waals surface area contributed by atoms with E-state index in [1.807, 2.05) is 4.90 Å². The van der Waals surface area contributed by atoms with E-state index in [-0.39, 0.29) is 11.9 Å². The average Bonchev–Trinajstić information content (AvgIpc) is 3.12. The van der Waals surface area contributed by atoms with E-state index in [4.69, 9.17) is 5.73 Å². The van der Waals surface area contributed by atoms with E-state index in [0.29, 0.717) is 6.04 Å². The number of rotatable bonds is 4. The van der Waals surface area contributed by atoms with E-state index >= 15 is 0 Å². The van der Waals surface area contributed by atoms with Gasteiger partial charge in [0.2, 0.25) is 5.91 Å². The van der Waals surface area contributed by atoms with Gasteiger partial charge in [-0.15, -0.1) is 0 Å². The van der Waals surface area contributed by atoms with Crippen molar-refractivity contribution >= 4 is 5.91 Å². The third-order valence-corrected chi connectivity index (χ3v) is 3.97. The van der Waals surface area contributed by atoms with Crippen LogP contribution < -0.4 is 5.73 Å². The molecule has 17 heavy (non-hydrogen) atoms. The molecule has 1 aliphatic carbocycles. The van der Waals surface area contributed by atoms with Crippen LogP contribution in [0.15, 0.2) is 0 Å². The number of hydrogen-bond donors (Lipinski definition) is 1. The molecule has 1 aliphatic heterocycles. The molecule has 2 fully saturated rings. The lowest BCUT2D eigenvalue weighted by Gasteiger charge is -2.38. The first-order valence-corrected chi connectivity index (χ1v) is 6.86. The SMILES string of the molecule is CC(N)C(=O)N1CCCCC1CN(C)C1CC1. The van der Waals surface area contributed by atoms with Crippen molar-refractivity contribution in [1.82, 2.24) is 9.80 Å². The van der Waals surface area contributed by atoms with Gasteiger partial charge in [-0.05, 0) is 46.1 Å². The highest BCUT2D eigenvalue weighted by Crippen LogP contribution is 2.27. The lowest BCUT2D eigenvalue weighted by atomic mass is 10.0. The van der Waals surface area contributed by atoms with Crippen LogP contribution in [0.25, 0.3) is 0 Å². The summed E-state index contributed by atoms with van der Waals surface area (Å²) in [5.74, 6) is 0.124. The predicted octanol–water partition coefficient (Wildman–Crippen LogP) is 0.809. The first-order chi connectivity index (χ1) is 8.09. The van der Waals surface area contributed by atoms with Crippen LogP contribution >= 0.6 is 0 Å². The van der Waals surface area contributed by atoms with Crippen molar-refractivity contribution in [2.24, 2.45) is 5.73 Å². The number of hydrogen-bond acceptors (Lipinski definition) is 3. The molecule has 1 amide bonds. The van der Waals surface area contributed by atoms with Gasteiger partial charge in [0, 0.05) is 25.2 Å². The minimum atomic E-state index is -0.359. The Labute approximate surface area is 104 Å². The standard InChI is InChI=1S/C13H25N3O/c1-10(14)13(17)16-8-4-3-5-12(16)9-15(2)11-6-7-11/h10-12H,3-9,14H2,1-2H3. The van der Waals surface area contributed by atoms with Crippen molar-refractivity contribution in [1.29, 1.82) is 0 Å². The van der Waals surface area contributed by atoms with Gasteiger partial charge in [-0.2, -0.15) is 0 Å². The summed E-state index contributed by atoms with van der Waals surface area (Å²) >= 11 is 0. The molecule has 0 aromatic heterocycles. The molecule has 0 spiro atoms. The molecule has 2 atom stereocenters. The molecule has 4 nitrogen and oxygen atoms in total. The zero-order chi connectivity index (χ0) is 12.4. The van der Waals surface area contributed by atoms with Crippen LogP contribution in [0.3, 0.4) is 0 Å². The van der Waals surface area contributed by atoms with E-state index in [1.165, 1.54) is 19.3 Å². The number of nitrogens with zero attached hydrogens (tertiary/aromatic N) is 2. The summed E-state index contributed by atoms with van der Waals surface area (Å²) in [6, 6.07) is 0.791. The van der Waals surface area contributed by atoms with Crippen LogP contribution in [0.5, 0.6) is 0 Å². The van der Waals surface area contributed by atoms with Gasteiger partial charge in [-0.1, -0.05) is 0 Å². The number of likely N-dealkylation sites (N-methyl/N-ethyl adjacent to an activating group) is 1. The molecule has 1 saturated heterocycles. The van der Waals surface area contributed by atoms with E-state index < -0.39 is 0 Å². The molecule has 1 saturated carbocycles. The number of carbonyl (C=O) groups excluding carboxylic acids is 1. The molecular weight excluding hydrogens is 214 g/mol. The van der Waals surface area contributed by atoms with E-state index in [9.17, 15) is 4.79 Å². The van der Waals surface area contributed by atoms with Gasteiger partial charge in [0.25, 0.3) is 0 Å². The number of nitrogens with two attached hydrogens (primary N) is 1. The van der Waals surface area contributed by atoms with Crippen LogP contribution in [-0.4, -0.2) is 54.0 Å². The predicted molar refractivity (Wildman–Crippen MR) is 68.7 cm³/mol. The Morgan fingerprint density at radius 2 is 2.12 bits per heavy atom. The van der Waals surface area contributed by atoms with Crippen molar-refractivity contribution in [2.75, 3.05) is 20.1 Å². The molecule has 0 aromatic rings. The highest BCUT2D eigenvalue weighted by molar-refractivity contribution is 5.81. The second kappa shape index (κ2) is 5.36. The second-order valence-corrected chi connectivity index (χ2v) is 5.64. The van der Waals surface area contributed by atoms with Crippen molar-refractivity contribution in [3.8, 4) is 0 Å². The Bertz CT molecular complexity index is 276. The zero-order valence-corrected chi connectivity index (χ0v) is 11.1. The highest BCUT2D eigenvalue weighted by Gasteiger charge is 2.33. The molecule has 0 radical (unpaired) electrons. The molecule has 98 valence electrons. The largest absolute Gasteiger partial charge is 0.337 e. The number of likely N-dealkylation sites (tertiary alicyclic amines) is 1. The lowest BCUT2D eigenvalue weighted by Crippen LogP contribution is -2.53. The van der Waals surface area contributed by atoms with Crippen LogP contribution in [0.2, 0.25) is 0 Å². The third kappa shape index (κ3) is 3.19. The van der Waals surface area contributed by atoms with Crippen LogP contribution in [0, 0.1) is 0 Å². The first kappa shape index (κ1) is 12.8. The molecule has 2 unspecified atom stereocenters. The Morgan fingerprint density at radius 1 is 1.41 bits per heavy atom. The van der Waals surface area contributed by atoms with Gasteiger partial charge in [0.05, 0.1) is 6.04 Å². The quantitative estimate of drug-likeness (QED) is 0.790.